The number of nitrogens with zero attached hydrogens (tertiary/aromatic N) is 2. The molecule has 0 spiro atoms. The quantitative estimate of drug-likeness (QED) is 0.376. The molecule has 142 valence electrons. The number of nitrogens with one attached hydrogen (secondary N) is 2. The molecule has 1 aliphatic carbocycles. The number of methoxy groups -OCH3 is 1. The predicted octanol–water partition coefficient (Wildman–Crippen LogP) is 1.69. The van der Waals surface area contributed by atoms with Gasteiger partial charge in [-0.25, -0.2) is 0 Å². The molecule has 24 heavy (non-hydrogen) atoms. The van der Waals surface area contributed by atoms with Gasteiger partial charge in [0.15, 0.2) is 5.96 Å². The van der Waals surface area contributed by atoms with E-state index in [2.05, 4.69) is 48.5 Å². The maximum absolute atomic E-state index is 5.54. The Kier molecular flexibility index (Phi) is 8.22. The highest BCUT2D eigenvalue weighted by Gasteiger charge is 2.49. The van der Waals surface area contributed by atoms with Gasteiger partial charge >= 0.3 is 0 Å². The third kappa shape index (κ3) is 4.53. The minimum absolute atomic E-state index is 0. The Balaban J connectivity index is 0.00000288. The molecule has 2 fully saturated rings. The number of hydrogen-bond donors (Lipinski definition) is 2. The fourth-order valence-corrected chi connectivity index (χ4v) is 3.67. The summed E-state index contributed by atoms with van der Waals surface area (Å²) in [6.07, 6.45) is 3.44. The molecule has 1 saturated heterocycles. The lowest BCUT2D eigenvalue weighted by molar-refractivity contribution is -0.0923. The van der Waals surface area contributed by atoms with Crippen molar-refractivity contribution in [3.63, 3.8) is 0 Å². The van der Waals surface area contributed by atoms with Crippen LogP contribution in [0.25, 0.3) is 0 Å². The molecule has 0 amide bonds. The summed E-state index contributed by atoms with van der Waals surface area (Å²) >= 11 is 0. The second-order valence-electron chi connectivity index (χ2n) is 7.64. The Hall–Kier alpha value is -0.120. The van der Waals surface area contributed by atoms with Crippen LogP contribution in [0.2, 0.25) is 0 Å². The van der Waals surface area contributed by atoms with Gasteiger partial charge in [0.25, 0.3) is 0 Å². The normalized spacial score (nSPS) is 28.7. The minimum atomic E-state index is 0. The van der Waals surface area contributed by atoms with Crippen LogP contribution in [0.1, 0.15) is 33.1 Å². The predicted molar refractivity (Wildman–Crippen MR) is 109 cm³/mol. The van der Waals surface area contributed by atoms with Crippen molar-refractivity contribution in [3.05, 3.63) is 0 Å². The molecule has 7 heteroatoms. The average Bonchev–Trinajstić information content (AvgIpc) is 2.54. The highest BCUT2D eigenvalue weighted by molar-refractivity contribution is 14.0. The van der Waals surface area contributed by atoms with Gasteiger partial charge in [0.1, 0.15) is 0 Å². The molecule has 0 bridgehead atoms. The van der Waals surface area contributed by atoms with Crippen LogP contribution in [0.3, 0.4) is 0 Å². The average molecular weight is 454 g/mol. The van der Waals surface area contributed by atoms with E-state index in [1.165, 1.54) is 0 Å². The van der Waals surface area contributed by atoms with E-state index in [0.29, 0.717) is 12.1 Å². The zero-order valence-corrected chi connectivity index (χ0v) is 18.3. The van der Waals surface area contributed by atoms with Gasteiger partial charge in [-0.3, -0.25) is 4.99 Å². The topological polar surface area (TPSA) is 58.1 Å². The van der Waals surface area contributed by atoms with Crippen molar-refractivity contribution in [2.45, 2.75) is 50.8 Å². The van der Waals surface area contributed by atoms with Crippen molar-refractivity contribution in [3.8, 4) is 0 Å². The van der Waals surface area contributed by atoms with Crippen LogP contribution in [0.5, 0.6) is 0 Å². The minimum Gasteiger partial charge on any atom is -0.381 e. The Morgan fingerprint density at radius 1 is 1.29 bits per heavy atom. The molecular formula is C17H35IN4O2. The summed E-state index contributed by atoms with van der Waals surface area (Å²) in [6, 6.07) is 0.392. The second-order valence-corrected chi connectivity index (χ2v) is 7.64. The maximum Gasteiger partial charge on any atom is 0.191 e. The zero-order valence-electron chi connectivity index (χ0n) is 16.0. The molecular weight excluding hydrogens is 419 g/mol. The summed E-state index contributed by atoms with van der Waals surface area (Å²) in [5.74, 6) is 0.880. The van der Waals surface area contributed by atoms with Gasteiger partial charge in [0, 0.05) is 50.9 Å². The van der Waals surface area contributed by atoms with Gasteiger partial charge < -0.3 is 25.0 Å². The van der Waals surface area contributed by atoms with E-state index in [4.69, 9.17) is 9.47 Å². The SMILES string of the molecule is CN=C(NCC1(N(C)C)CCOCC1)NC1CC(OC)C1(C)C.I. The fourth-order valence-electron chi connectivity index (χ4n) is 3.67. The lowest BCUT2D eigenvalue weighted by Gasteiger charge is -2.51. The molecule has 0 radical (unpaired) electrons. The van der Waals surface area contributed by atoms with Gasteiger partial charge in [-0.15, -0.1) is 24.0 Å². The molecule has 1 aliphatic heterocycles. The van der Waals surface area contributed by atoms with Crippen molar-refractivity contribution in [2.24, 2.45) is 10.4 Å². The Morgan fingerprint density at radius 2 is 1.92 bits per heavy atom. The molecule has 2 rings (SSSR count). The summed E-state index contributed by atoms with van der Waals surface area (Å²) < 4.78 is 11.1. The number of likely N-dealkylation sites (N-methyl/N-ethyl adjacent to an activating group) is 1. The highest BCUT2D eigenvalue weighted by Crippen LogP contribution is 2.42. The van der Waals surface area contributed by atoms with E-state index in [0.717, 1.165) is 45.0 Å². The molecule has 0 aromatic heterocycles. The number of halogens is 1. The van der Waals surface area contributed by atoms with E-state index in [1.54, 1.807) is 7.11 Å². The van der Waals surface area contributed by atoms with E-state index in [-0.39, 0.29) is 34.9 Å². The molecule has 1 heterocycles. The van der Waals surface area contributed by atoms with Gasteiger partial charge in [-0.1, -0.05) is 13.8 Å². The third-order valence-electron chi connectivity index (χ3n) is 5.95. The molecule has 0 aromatic carbocycles. The first kappa shape index (κ1) is 21.9. The van der Waals surface area contributed by atoms with Crippen LogP contribution >= 0.6 is 24.0 Å². The molecule has 1 saturated carbocycles. The standard InChI is InChI=1S/C17H34N4O2.HI/c1-16(2)13(11-14(16)22-6)20-15(18-3)19-12-17(21(4)5)7-9-23-10-8-17;/h13-14H,7-12H2,1-6H3,(H2,18,19,20);1H. The second kappa shape index (κ2) is 9.00. The molecule has 2 unspecified atom stereocenters. The van der Waals surface area contributed by atoms with Crippen molar-refractivity contribution in [1.29, 1.82) is 0 Å². The van der Waals surface area contributed by atoms with Crippen LogP contribution in [0, 0.1) is 5.41 Å². The van der Waals surface area contributed by atoms with E-state index in [9.17, 15) is 0 Å². The lowest BCUT2D eigenvalue weighted by atomic mass is 9.64. The van der Waals surface area contributed by atoms with Crippen molar-refractivity contribution >= 4 is 29.9 Å². The first-order chi connectivity index (χ1) is 10.9. The van der Waals surface area contributed by atoms with Gasteiger partial charge in [0.2, 0.25) is 0 Å². The van der Waals surface area contributed by atoms with Crippen LogP contribution in [0.15, 0.2) is 4.99 Å². The fraction of sp³-hybridized carbons (Fsp3) is 0.941. The smallest absolute Gasteiger partial charge is 0.191 e. The van der Waals surface area contributed by atoms with E-state index >= 15 is 0 Å². The van der Waals surface area contributed by atoms with Crippen LogP contribution in [0.4, 0.5) is 0 Å². The Bertz CT molecular complexity index is 423. The third-order valence-corrected chi connectivity index (χ3v) is 5.95. The summed E-state index contributed by atoms with van der Waals surface area (Å²) in [5, 5.41) is 7.09. The van der Waals surface area contributed by atoms with Gasteiger partial charge in [0.05, 0.1) is 6.10 Å². The van der Waals surface area contributed by atoms with Gasteiger partial charge in [-0.05, 0) is 33.4 Å². The molecule has 2 N–H and O–H groups in total. The molecule has 6 nitrogen and oxygen atoms in total. The number of hydrogen-bond acceptors (Lipinski definition) is 4. The van der Waals surface area contributed by atoms with Crippen molar-refractivity contribution < 1.29 is 9.47 Å². The van der Waals surface area contributed by atoms with Crippen LogP contribution in [-0.4, -0.2) is 76.6 Å². The highest BCUT2D eigenvalue weighted by atomic mass is 127. The molecule has 0 aromatic rings. The summed E-state index contributed by atoms with van der Waals surface area (Å²) in [5.41, 5.74) is 0.268. The zero-order chi connectivity index (χ0) is 17.1. The van der Waals surface area contributed by atoms with Crippen molar-refractivity contribution in [1.82, 2.24) is 15.5 Å². The number of ether oxygens (including phenoxy) is 2. The number of guanidine groups is 1. The molecule has 2 aliphatic rings. The van der Waals surface area contributed by atoms with Crippen molar-refractivity contribution in [2.75, 3.05) is 48.0 Å². The summed E-state index contributed by atoms with van der Waals surface area (Å²) in [7, 11) is 7.94. The van der Waals surface area contributed by atoms with E-state index in [1.807, 2.05) is 7.05 Å². The van der Waals surface area contributed by atoms with Crippen LogP contribution in [-0.2, 0) is 9.47 Å². The summed E-state index contributed by atoms with van der Waals surface area (Å²) in [4.78, 5) is 6.73. The van der Waals surface area contributed by atoms with Crippen LogP contribution < -0.4 is 10.6 Å². The molecule has 2 atom stereocenters. The summed E-state index contributed by atoms with van der Waals surface area (Å²) in [6.45, 7) is 7.03. The first-order valence-electron chi connectivity index (χ1n) is 8.61. The van der Waals surface area contributed by atoms with Gasteiger partial charge in [-0.2, -0.15) is 0 Å². The number of aliphatic imine (C=N–C) groups is 1. The monoisotopic (exact) mass is 454 g/mol. The van der Waals surface area contributed by atoms with E-state index < -0.39 is 0 Å². The number of rotatable bonds is 5. The lowest BCUT2D eigenvalue weighted by Crippen LogP contribution is -2.64. The largest absolute Gasteiger partial charge is 0.381 e. The maximum atomic E-state index is 5.54. The first-order valence-corrected chi connectivity index (χ1v) is 8.61. The Morgan fingerprint density at radius 3 is 2.38 bits per heavy atom. The Labute approximate surface area is 164 Å².